The number of ether oxygens (including phenoxy) is 2. The lowest BCUT2D eigenvalue weighted by molar-refractivity contribution is 0.0600. The molecular weight excluding hydrogens is 370 g/mol. The van der Waals surface area contributed by atoms with Crippen molar-refractivity contribution < 1.29 is 14.3 Å². The highest BCUT2D eigenvalue weighted by molar-refractivity contribution is 5.91. The minimum absolute atomic E-state index is 0.0810. The zero-order chi connectivity index (χ0) is 21.2. The topological polar surface area (TPSA) is 82.5 Å². The van der Waals surface area contributed by atoms with E-state index in [0.29, 0.717) is 48.9 Å². The van der Waals surface area contributed by atoms with Gasteiger partial charge in [-0.2, -0.15) is 0 Å². The number of carbonyl (C=O) groups is 1. The number of hydrogen-bond donors (Lipinski definition) is 1. The fourth-order valence-electron chi connectivity index (χ4n) is 3.84. The van der Waals surface area contributed by atoms with Crippen LogP contribution >= 0.6 is 0 Å². The van der Waals surface area contributed by atoms with Gasteiger partial charge < -0.3 is 14.8 Å². The van der Waals surface area contributed by atoms with Gasteiger partial charge in [-0.1, -0.05) is 26.0 Å². The Morgan fingerprint density at radius 2 is 2.14 bits per heavy atom. The first-order chi connectivity index (χ1) is 13.8. The molecule has 0 atom stereocenters. The number of rotatable bonds is 7. The average molecular weight is 397 g/mol. The number of hydrogen-bond acceptors (Lipinski definition) is 6. The van der Waals surface area contributed by atoms with Crippen molar-refractivity contribution in [3.8, 4) is 11.3 Å². The van der Waals surface area contributed by atoms with Crippen LogP contribution in [0, 0.1) is 0 Å². The summed E-state index contributed by atoms with van der Waals surface area (Å²) >= 11 is 0. The number of aromatic nitrogens is 2. The summed E-state index contributed by atoms with van der Waals surface area (Å²) in [7, 11) is 2.99. The van der Waals surface area contributed by atoms with Gasteiger partial charge in [0.25, 0.3) is 5.56 Å². The summed E-state index contributed by atoms with van der Waals surface area (Å²) < 4.78 is 11.6. The monoisotopic (exact) mass is 397 g/mol. The van der Waals surface area contributed by atoms with Crippen molar-refractivity contribution in [1.29, 1.82) is 0 Å². The van der Waals surface area contributed by atoms with E-state index >= 15 is 0 Å². The van der Waals surface area contributed by atoms with E-state index in [2.05, 4.69) is 11.9 Å². The Labute approximate surface area is 170 Å². The van der Waals surface area contributed by atoms with E-state index in [4.69, 9.17) is 14.5 Å². The Morgan fingerprint density at radius 3 is 2.79 bits per heavy atom. The minimum atomic E-state index is -0.435. The highest BCUT2D eigenvalue weighted by Gasteiger charge is 2.36. The number of fused-ring (bicyclic) bond motifs is 3. The van der Waals surface area contributed by atoms with E-state index < -0.39 is 5.41 Å². The first-order valence-electron chi connectivity index (χ1n) is 9.54. The van der Waals surface area contributed by atoms with Crippen molar-refractivity contribution in [2.24, 2.45) is 0 Å². The van der Waals surface area contributed by atoms with Crippen LogP contribution in [0.3, 0.4) is 0 Å². The summed E-state index contributed by atoms with van der Waals surface area (Å²) in [5.74, 6) is 0.0964. The van der Waals surface area contributed by atoms with Crippen LogP contribution in [0.25, 0.3) is 11.3 Å². The molecule has 0 spiro atoms. The molecule has 1 aromatic carbocycles. The van der Waals surface area contributed by atoms with Crippen LogP contribution in [0.15, 0.2) is 35.6 Å². The molecule has 0 saturated heterocycles. The van der Waals surface area contributed by atoms with Crippen LogP contribution in [0.2, 0.25) is 0 Å². The van der Waals surface area contributed by atoms with Crippen molar-refractivity contribution in [2.45, 2.75) is 32.2 Å². The number of anilines is 1. The first kappa shape index (κ1) is 20.8. The van der Waals surface area contributed by atoms with Crippen LogP contribution in [0.4, 0.5) is 5.95 Å². The summed E-state index contributed by atoms with van der Waals surface area (Å²) in [5, 5.41) is 3.19. The summed E-state index contributed by atoms with van der Waals surface area (Å²) in [6.07, 6.45) is 2.31. The van der Waals surface area contributed by atoms with Crippen molar-refractivity contribution in [3.05, 3.63) is 57.9 Å². The molecule has 3 rings (SSSR count). The van der Waals surface area contributed by atoms with E-state index in [0.717, 1.165) is 11.1 Å². The molecule has 2 aromatic rings. The Bertz CT molecular complexity index is 1010. The molecule has 0 fully saturated rings. The van der Waals surface area contributed by atoms with Crippen molar-refractivity contribution in [2.75, 3.05) is 32.7 Å². The lowest BCUT2D eigenvalue weighted by Crippen LogP contribution is -2.38. The van der Waals surface area contributed by atoms with E-state index in [1.807, 2.05) is 26.0 Å². The molecule has 0 bridgehead atoms. The molecule has 0 radical (unpaired) electrons. The third-order valence-electron chi connectivity index (χ3n) is 5.16. The number of benzene rings is 1. The number of nitrogens with zero attached hydrogens (tertiary/aromatic N) is 2. The standard InChI is InChI=1S/C22H27N3O4/c1-6-10-25-19(26)17-18(24-21(25)23-9-11-28-4)16-8-7-14(20(27)29-5)12-15(16)13-22(17,2)3/h6-8,12H,1,9-11,13H2,2-5H3,(H,23,24). The van der Waals surface area contributed by atoms with Gasteiger partial charge in [0.1, 0.15) is 0 Å². The van der Waals surface area contributed by atoms with E-state index in [1.54, 1.807) is 23.8 Å². The quantitative estimate of drug-likeness (QED) is 0.440. The molecule has 29 heavy (non-hydrogen) atoms. The predicted octanol–water partition coefficient (Wildman–Crippen LogP) is 2.77. The third kappa shape index (κ3) is 3.82. The highest BCUT2D eigenvalue weighted by atomic mass is 16.5. The average Bonchev–Trinajstić information content (AvgIpc) is 2.68. The van der Waals surface area contributed by atoms with Crippen molar-refractivity contribution in [1.82, 2.24) is 9.55 Å². The van der Waals surface area contributed by atoms with Crippen LogP contribution in [0.1, 0.15) is 35.3 Å². The number of allylic oxidation sites excluding steroid dienone is 1. The molecule has 154 valence electrons. The van der Waals surface area contributed by atoms with E-state index in [-0.39, 0.29) is 11.5 Å². The SMILES string of the molecule is C=CCn1c(NCCOC)nc2c(c1=O)C(C)(C)Cc1cc(C(=O)OC)ccc1-2. The molecule has 7 nitrogen and oxygen atoms in total. The lowest BCUT2D eigenvalue weighted by atomic mass is 9.72. The summed E-state index contributed by atoms with van der Waals surface area (Å²) in [6, 6.07) is 5.39. The second-order valence-corrected chi connectivity index (χ2v) is 7.71. The van der Waals surface area contributed by atoms with Crippen LogP contribution in [-0.4, -0.2) is 42.9 Å². The van der Waals surface area contributed by atoms with E-state index in [9.17, 15) is 9.59 Å². The largest absolute Gasteiger partial charge is 0.465 e. The fraction of sp³-hybridized carbons (Fsp3) is 0.409. The van der Waals surface area contributed by atoms with Gasteiger partial charge >= 0.3 is 5.97 Å². The molecule has 1 aliphatic rings. The van der Waals surface area contributed by atoms with Gasteiger partial charge in [0.2, 0.25) is 5.95 Å². The summed E-state index contributed by atoms with van der Waals surface area (Å²) in [6.45, 7) is 9.20. The maximum atomic E-state index is 13.4. The van der Waals surface area contributed by atoms with Gasteiger partial charge in [0.05, 0.1) is 25.0 Å². The normalized spacial score (nSPS) is 13.9. The summed E-state index contributed by atoms with van der Waals surface area (Å²) in [5.41, 5.74) is 3.14. The second kappa shape index (κ2) is 8.21. The lowest BCUT2D eigenvalue weighted by Gasteiger charge is -2.33. The molecular formula is C22H27N3O4. The Morgan fingerprint density at radius 1 is 1.38 bits per heavy atom. The van der Waals surface area contributed by atoms with E-state index in [1.165, 1.54) is 7.11 Å². The Hall–Kier alpha value is -2.93. The molecule has 1 heterocycles. The maximum absolute atomic E-state index is 13.4. The molecule has 0 saturated carbocycles. The van der Waals surface area contributed by atoms with Crippen LogP contribution in [-0.2, 0) is 27.9 Å². The number of methoxy groups -OCH3 is 2. The molecule has 0 unspecified atom stereocenters. The second-order valence-electron chi connectivity index (χ2n) is 7.71. The van der Waals surface area contributed by atoms with Gasteiger partial charge in [-0.3, -0.25) is 9.36 Å². The Kier molecular flexibility index (Phi) is 5.88. The van der Waals surface area contributed by atoms with Gasteiger partial charge in [0.15, 0.2) is 0 Å². The van der Waals surface area contributed by atoms with Crippen LogP contribution in [0.5, 0.6) is 0 Å². The molecule has 1 aromatic heterocycles. The number of esters is 1. The van der Waals surface area contributed by atoms with Gasteiger partial charge in [0, 0.05) is 36.7 Å². The zero-order valence-corrected chi connectivity index (χ0v) is 17.4. The van der Waals surface area contributed by atoms with Crippen molar-refractivity contribution in [3.63, 3.8) is 0 Å². The summed E-state index contributed by atoms with van der Waals surface area (Å²) in [4.78, 5) is 30.2. The minimum Gasteiger partial charge on any atom is -0.465 e. The molecule has 0 amide bonds. The van der Waals surface area contributed by atoms with Crippen LogP contribution < -0.4 is 10.9 Å². The number of nitrogens with one attached hydrogen (secondary N) is 1. The smallest absolute Gasteiger partial charge is 0.337 e. The first-order valence-corrected chi connectivity index (χ1v) is 9.54. The number of carbonyl (C=O) groups excluding carboxylic acids is 1. The predicted molar refractivity (Wildman–Crippen MR) is 113 cm³/mol. The molecule has 0 aliphatic heterocycles. The molecule has 7 heteroatoms. The zero-order valence-electron chi connectivity index (χ0n) is 17.4. The van der Waals surface area contributed by atoms with Crippen molar-refractivity contribution >= 4 is 11.9 Å². The molecule has 1 N–H and O–H groups in total. The maximum Gasteiger partial charge on any atom is 0.337 e. The van der Waals surface area contributed by atoms with Gasteiger partial charge in [-0.25, -0.2) is 9.78 Å². The highest BCUT2D eigenvalue weighted by Crippen LogP contribution is 2.41. The fourth-order valence-corrected chi connectivity index (χ4v) is 3.84. The van der Waals surface area contributed by atoms with Gasteiger partial charge in [-0.05, 0) is 24.1 Å². The Balaban J connectivity index is 2.22. The third-order valence-corrected chi connectivity index (χ3v) is 5.16. The van der Waals surface area contributed by atoms with Gasteiger partial charge in [-0.15, -0.1) is 6.58 Å². The molecule has 1 aliphatic carbocycles.